The quantitative estimate of drug-likeness (QED) is 0.667. The van der Waals surface area contributed by atoms with E-state index in [4.69, 9.17) is 4.74 Å². The van der Waals surface area contributed by atoms with Crippen LogP contribution in [0.1, 0.15) is 26.2 Å². The largest absolute Gasteiger partial charge is 0.380 e. The van der Waals surface area contributed by atoms with Gasteiger partial charge in [0.15, 0.2) is 0 Å². The van der Waals surface area contributed by atoms with Crippen molar-refractivity contribution in [2.24, 2.45) is 5.92 Å². The maximum atomic E-state index is 5.57. The van der Waals surface area contributed by atoms with Crippen molar-refractivity contribution in [3.05, 3.63) is 0 Å². The Morgan fingerprint density at radius 3 is 2.93 bits per heavy atom. The van der Waals surface area contributed by atoms with Crippen LogP contribution in [0.15, 0.2) is 0 Å². The fourth-order valence-corrected chi connectivity index (χ4v) is 2.42. The second-order valence-corrected chi connectivity index (χ2v) is 4.76. The highest BCUT2D eigenvalue weighted by atomic mass is 16.5. The molecule has 1 aliphatic heterocycles. The van der Waals surface area contributed by atoms with Gasteiger partial charge in [-0.15, -0.1) is 0 Å². The van der Waals surface area contributed by atoms with Gasteiger partial charge in [0.2, 0.25) is 0 Å². The summed E-state index contributed by atoms with van der Waals surface area (Å²) in [5, 5.41) is 3.51. The minimum absolute atomic E-state index is 0.795. The van der Waals surface area contributed by atoms with Gasteiger partial charge in [0.05, 0.1) is 6.61 Å². The molecule has 1 saturated carbocycles. The fourth-order valence-electron chi connectivity index (χ4n) is 2.42. The molecule has 0 radical (unpaired) electrons. The standard InChI is InChI=1S/C12H24N2O/c1-2-8-15-9-7-14-6-5-13-10-12(14)11-3-4-11/h11-13H,2-10H2,1H3. The zero-order chi connectivity index (χ0) is 10.5. The van der Waals surface area contributed by atoms with Crippen molar-refractivity contribution < 1.29 is 4.74 Å². The summed E-state index contributed by atoms with van der Waals surface area (Å²) in [6.45, 7) is 8.67. The maximum Gasteiger partial charge on any atom is 0.0593 e. The summed E-state index contributed by atoms with van der Waals surface area (Å²) < 4.78 is 5.57. The van der Waals surface area contributed by atoms with Gasteiger partial charge >= 0.3 is 0 Å². The normalized spacial score (nSPS) is 28.2. The number of ether oxygens (including phenoxy) is 1. The molecule has 2 fully saturated rings. The summed E-state index contributed by atoms with van der Waals surface area (Å²) in [4.78, 5) is 2.63. The van der Waals surface area contributed by atoms with E-state index in [2.05, 4.69) is 17.1 Å². The van der Waals surface area contributed by atoms with E-state index in [0.29, 0.717) is 0 Å². The Morgan fingerprint density at radius 1 is 1.33 bits per heavy atom. The van der Waals surface area contributed by atoms with Gasteiger partial charge in [0.1, 0.15) is 0 Å². The van der Waals surface area contributed by atoms with Gasteiger partial charge in [-0.25, -0.2) is 0 Å². The molecule has 1 unspecified atom stereocenters. The third kappa shape index (κ3) is 3.44. The molecule has 1 N–H and O–H groups in total. The molecular weight excluding hydrogens is 188 g/mol. The van der Waals surface area contributed by atoms with E-state index in [9.17, 15) is 0 Å². The summed E-state index contributed by atoms with van der Waals surface area (Å²) >= 11 is 0. The highest BCUT2D eigenvalue weighted by molar-refractivity contribution is 4.92. The highest BCUT2D eigenvalue weighted by Gasteiger charge is 2.36. The summed E-state index contributed by atoms with van der Waals surface area (Å²) in [6.07, 6.45) is 4.02. The van der Waals surface area contributed by atoms with E-state index in [-0.39, 0.29) is 0 Å². The van der Waals surface area contributed by atoms with Gasteiger partial charge in [-0.2, -0.15) is 0 Å². The number of nitrogens with zero attached hydrogens (tertiary/aromatic N) is 1. The van der Waals surface area contributed by atoms with E-state index in [1.807, 2.05) is 0 Å². The number of hydrogen-bond acceptors (Lipinski definition) is 3. The first kappa shape index (κ1) is 11.4. The van der Waals surface area contributed by atoms with Crippen molar-refractivity contribution in [3.63, 3.8) is 0 Å². The molecule has 2 aliphatic rings. The van der Waals surface area contributed by atoms with Crippen molar-refractivity contribution in [2.75, 3.05) is 39.4 Å². The van der Waals surface area contributed by atoms with Gasteiger partial charge in [-0.3, -0.25) is 4.90 Å². The van der Waals surface area contributed by atoms with Gasteiger partial charge in [0.25, 0.3) is 0 Å². The third-order valence-electron chi connectivity index (χ3n) is 3.44. The molecule has 1 saturated heterocycles. The third-order valence-corrected chi connectivity index (χ3v) is 3.44. The first-order valence-corrected chi connectivity index (χ1v) is 6.44. The molecule has 1 heterocycles. The Hall–Kier alpha value is -0.120. The van der Waals surface area contributed by atoms with Gasteiger partial charge in [-0.05, 0) is 25.2 Å². The van der Waals surface area contributed by atoms with Crippen molar-refractivity contribution in [1.82, 2.24) is 10.2 Å². The fraction of sp³-hybridized carbons (Fsp3) is 1.00. The average molecular weight is 212 g/mol. The molecule has 0 aromatic carbocycles. The number of piperazine rings is 1. The van der Waals surface area contributed by atoms with Gasteiger partial charge < -0.3 is 10.1 Å². The van der Waals surface area contributed by atoms with Gasteiger partial charge in [-0.1, -0.05) is 6.92 Å². The van der Waals surface area contributed by atoms with Crippen molar-refractivity contribution in [1.29, 1.82) is 0 Å². The predicted molar refractivity (Wildman–Crippen MR) is 62.1 cm³/mol. The Morgan fingerprint density at radius 2 is 2.20 bits per heavy atom. The summed E-state index contributed by atoms with van der Waals surface area (Å²) in [5.74, 6) is 0.976. The Labute approximate surface area is 93.2 Å². The zero-order valence-corrected chi connectivity index (χ0v) is 9.87. The molecule has 3 heteroatoms. The van der Waals surface area contributed by atoms with Crippen molar-refractivity contribution in [3.8, 4) is 0 Å². The van der Waals surface area contributed by atoms with Crippen LogP contribution in [-0.4, -0.2) is 50.3 Å². The second-order valence-electron chi connectivity index (χ2n) is 4.76. The smallest absolute Gasteiger partial charge is 0.0593 e. The predicted octanol–water partition coefficient (Wildman–Crippen LogP) is 1.10. The molecule has 3 nitrogen and oxygen atoms in total. The Bertz CT molecular complexity index is 182. The SMILES string of the molecule is CCCOCCN1CCNCC1C1CC1. The van der Waals surface area contributed by atoms with Crippen LogP contribution >= 0.6 is 0 Å². The van der Waals surface area contributed by atoms with Crippen LogP contribution in [0.4, 0.5) is 0 Å². The van der Waals surface area contributed by atoms with Gasteiger partial charge in [0, 0.05) is 38.8 Å². The Balaban J connectivity index is 1.68. The van der Waals surface area contributed by atoms with Crippen LogP contribution < -0.4 is 5.32 Å². The molecule has 15 heavy (non-hydrogen) atoms. The molecule has 1 aliphatic carbocycles. The average Bonchev–Trinajstić information content (AvgIpc) is 3.09. The molecule has 0 spiro atoms. The first-order chi connectivity index (χ1) is 7.42. The van der Waals surface area contributed by atoms with Crippen LogP contribution in [0.3, 0.4) is 0 Å². The monoisotopic (exact) mass is 212 g/mol. The lowest BCUT2D eigenvalue weighted by Crippen LogP contribution is -2.53. The van der Waals surface area contributed by atoms with E-state index in [1.54, 1.807) is 0 Å². The van der Waals surface area contributed by atoms with Crippen molar-refractivity contribution in [2.45, 2.75) is 32.2 Å². The number of nitrogens with one attached hydrogen (secondary N) is 1. The molecular formula is C12H24N2O. The van der Waals surface area contributed by atoms with E-state index < -0.39 is 0 Å². The topological polar surface area (TPSA) is 24.5 Å². The maximum absolute atomic E-state index is 5.57. The number of hydrogen-bond donors (Lipinski definition) is 1. The molecule has 1 atom stereocenters. The molecule has 0 bridgehead atoms. The minimum Gasteiger partial charge on any atom is -0.380 e. The van der Waals surface area contributed by atoms with E-state index >= 15 is 0 Å². The minimum atomic E-state index is 0.795. The van der Waals surface area contributed by atoms with E-state index in [0.717, 1.165) is 44.7 Å². The zero-order valence-electron chi connectivity index (χ0n) is 9.87. The van der Waals surface area contributed by atoms with Crippen molar-refractivity contribution >= 4 is 0 Å². The molecule has 2 rings (SSSR count). The van der Waals surface area contributed by atoms with Crippen LogP contribution in [0.25, 0.3) is 0 Å². The lowest BCUT2D eigenvalue weighted by Gasteiger charge is -2.36. The van der Waals surface area contributed by atoms with E-state index in [1.165, 1.54) is 25.9 Å². The first-order valence-electron chi connectivity index (χ1n) is 6.44. The molecule has 0 aromatic rings. The summed E-state index contributed by atoms with van der Waals surface area (Å²) in [5.41, 5.74) is 0. The summed E-state index contributed by atoms with van der Waals surface area (Å²) in [7, 11) is 0. The molecule has 0 amide bonds. The van der Waals surface area contributed by atoms with Crippen LogP contribution in [-0.2, 0) is 4.74 Å². The lowest BCUT2D eigenvalue weighted by molar-refractivity contribution is 0.0709. The summed E-state index contributed by atoms with van der Waals surface area (Å²) in [6, 6.07) is 0.795. The van der Waals surface area contributed by atoms with Crippen LogP contribution in [0, 0.1) is 5.92 Å². The van der Waals surface area contributed by atoms with Crippen LogP contribution in [0.5, 0.6) is 0 Å². The number of rotatable bonds is 6. The second kappa shape index (κ2) is 5.83. The lowest BCUT2D eigenvalue weighted by atomic mass is 10.1. The molecule has 0 aromatic heterocycles. The van der Waals surface area contributed by atoms with Crippen LogP contribution in [0.2, 0.25) is 0 Å². The molecule has 88 valence electrons. The Kier molecular flexibility index (Phi) is 4.42. The highest BCUT2D eigenvalue weighted by Crippen LogP contribution is 2.35.